The maximum absolute atomic E-state index is 13.3. The SMILES string of the molecule is COC(=O)c1c(NC(=S)Nc2ncn(Cc3cccc(F)c3)n2)sc2c1CCC2. The lowest BCUT2D eigenvalue weighted by atomic mass is 10.1. The van der Waals surface area contributed by atoms with Gasteiger partial charge in [0.05, 0.1) is 19.2 Å². The smallest absolute Gasteiger partial charge is 0.341 e. The van der Waals surface area contributed by atoms with Crippen LogP contribution < -0.4 is 10.6 Å². The molecule has 0 saturated heterocycles. The Hall–Kier alpha value is -2.85. The first-order valence-electron chi connectivity index (χ1n) is 8.98. The molecule has 1 aliphatic carbocycles. The van der Waals surface area contributed by atoms with Gasteiger partial charge in [0.25, 0.3) is 0 Å². The summed E-state index contributed by atoms with van der Waals surface area (Å²) in [6, 6.07) is 6.31. The van der Waals surface area contributed by atoms with Gasteiger partial charge in [-0.25, -0.2) is 18.9 Å². The van der Waals surface area contributed by atoms with Crippen molar-refractivity contribution in [1.82, 2.24) is 14.8 Å². The van der Waals surface area contributed by atoms with Crippen LogP contribution >= 0.6 is 23.6 Å². The Morgan fingerprint density at radius 3 is 3.03 bits per heavy atom. The molecule has 29 heavy (non-hydrogen) atoms. The lowest BCUT2D eigenvalue weighted by molar-refractivity contribution is 0.0601. The largest absolute Gasteiger partial charge is 0.465 e. The van der Waals surface area contributed by atoms with Gasteiger partial charge in [-0.1, -0.05) is 12.1 Å². The zero-order valence-electron chi connectivity index (χ0n) is 15.6. The summed E-state index contributed by atoms with van der Waals surface area (Å²) < 4.78 is 19.8. The number of hydrogen-bond donors (Lipinski definition) is 2. The van der Waals surface area contributed by atoms with Gasteiger partial charge in [-0.2, -0.15) is 0 Å². The molecule has 0 saturated carbocycles. The monoisotopic (exact) mass is 431 g/mol. The summed E-state index contributed by atoms with van der Waals surface area (Å²) in [5.74, 6) is -0.356. The van der Waals surface area contributed by atoms with E-state index < -0.39 is 0 Å². The highest BCUT2D eigenvalue weighted by atomic mass is 32.1. The number of nitrogens with zero attached hydrogens (tertiary/aromatic N) is 3. The number of rotatable bonds is 5. The van der Waals surface area contributed by atoms with Gasteiger partial charge in [-0.3, -0.25) is 5.32 Å². The van der Waals surface area contributed by atoms with E-state index in [1.54, 1.807) is 10.7 Å². The number of aryl methyl sites for hydroxylation is 1. The number of aromatic nitrogens is 3. The van der Waals surface area contributed by atoms with Gasteiger partial charge in [-0.05, 0) is 54.7 Å². The van der Waals surface area contributed by atoms with E-state index >= 15 is 0 Å². The molecule has 0 atom stereocenters. The van der Waals surface area contributed by atoms with E-state index in [0.29, 0.717) is 23.1 Å². The number of methoxy groups -OCH3 is 1. The van der Waals surface area contributed by atoms with Crippen LogP contribution in [0.15, 0.2) is 30.6 Å². The second-order valence-corrected chi connectivity index (χ2v) is 8.04. The first-order valence-corrected chi connectivity index (χ1v) is 10.2. The molecule has 7 nitrogen and oxygen atoms in total. The molecule has 3 aromatic rings. The van der Waals surface area contributed by atoms with Crippen LogP contribution in [0.3, 0.4) is 0 Å². The average molecular weight is 432 g/mol. The number of fused-ring (bicyclic) bond motifs is 1. The highest BCUT2D eigenvalue weighted by Gasteiger charge is 2.27. The quantitative estimate of drug-likeness (QED) is 0.472. The fourth-order valence-electron chi connectivity index (χ4n) is 3.30. The maximum atomic E-state index is 13.3. The summed E-state index contributed by atoms with van der Waals surface area (Å²) in [6.45, 7) is 0.386. The van der Waals surface area contributed by atoms with Crippen LogP contribution in [0, 0.1) is 5.82 Å². The van der Waals surface area contributed by atoms with Gasteiger partial charge in [0.15, 0.2) is 5.11 Å². The van der Waals surface area contributed by atoms with Crippen molar-refractivity contribution < 1.29 is 13.9 Å². The van der Waals surface area contributed by atoms with E-state index in [4.69, 9.17) is 17.0 Å². The second-order valence-electron chi connectivity index (χ2n) is 6.53. The molecule has 0 amide bonds. The first kappa shape index (κ1) is 19.5. The molecule has 0 bridgehead atoms. The second kappa shape index (κ2) is 8.26. The van der Waals surface area contributed by atoms with Gasteiger partial charge in [0.2, 0.25) is 5.95 Å². The lowest BCUT2D eigenvalue weighted by Gasteiger charge is -2.09. The lowest BCUT2D eigenvalue weighted by Crippen LogP contribution is -2.21. The first-order chi connectivity index (χ1) is 14.0. The fraction of sp³-hybridized carbons (Fsp3) is 0.263. The number of carbonyl (C=O) groups is 1. The van der Waals surface area contributed by atoms with Crippen molar-refractivity contribution in [3.8, 4) is 0 Å². The Bertz CT molecular complexity index is 1080. The minimum Gasteiger partial charge on any atom is -0.465 e. The Labute approximate surface area is 175 Å². The van der Waals surface area contributed by atoms with Crippen LogP contribution in [-0.2, 0) is 24.1 Å². The molecule has 1 aromatic carbocycles. The van der Waals surface area contributed by atoms with Crippen molar-refractivity contribution in [2.24, 2.45) is 0 Å². The van der Waals surface area contributed by atoms with Crippen LogP contribution in [0.4, 0.5) is 15.3 Å². The van der Waals surface area contributed by atoms with E-state index in [-0.39, 0.29) is 16.9 Å². The Morgan fingerprint density at radius 1 is 1.38 bits per heavy atom. The number of anilines is 2. The van der Waals surface area contributed by atoms with E-state index in [1.807, 2.05) is 6.07 Å². The molecule has 150 valence electrons. The van der Waals surface area contributed by atoms with Crippen LogP contribution in [-0.4, -0.2) is 33.0 Å². The Balaban J connectivity index is 1.43. The molecule has 10 heteroatoms. The molecular formula is C19H18FN5O2S2. The molecule has 2 heterocycles. The molecule has 4 rings (SSSR count). The van der Waals surface area contributed by atoms with E-state index in [0.717, 1.165) is 30.4 Å². The number of nitrogens with one attached hydrogen (secondary N) is 2. The number of benzene rings is 1. The number of thiocarbonyl (C=S) groups is 1. The molecular weight excluding hydrogens is 413 g/mol. The minimum absolute atomic E-state index is 0.276. The van der Waals surface area contributed by atoms with Crippen LogP contribution in [0.5, 0.6) is 0 Å². The van der Waals surface area contributed by atoms with Gasteiger partial charge in [-0.15, -0.1) is 16.4 Å². The number of ether oxygens (including phenoxy) is 1. The van der Waals surface area contributed by atoms with Crippen LogP contribution in [0.1, 0.15) is 32.8 Å². The highest BCUT2D eigenvalue weighted by Crippen LogP contribution is 2.39. The van der Waals surface area contributed by atoms with Crippen molar-refractivity contribution in [2.45, 2.75) is 25.8 Å². The van der Waals surface area contributed by atoms with Gasteiger partial charge < -0.3 is 10.1 Å². The van der Waals surface area contributed by atoms with Crippen LogP contribution in [0.25, 0.3) is 0 Å². The maximum Gasteiger partial charge on any atom is 0.341 e. The topological polar surface area (TPSA) is 81.1 Å². The fourth-order valence-corrected chi connectivity index (χ4v) is 4.84. The predicted molar refractivity (Wildman–Crippen MR) is 113 cm³/mol. The molecule has 2 N–H and O–H groups in total. The molecule has 2 aromatic heterocycles. The van der Waals surface area contributed by atoms with Crippen molar-refractivity contribution in [3.05, 3.63) is 58.0 Å². The standard InChI is InChI=1S/C19H18FN5O2S2/c1-27-17(26)15-13-6-3-7-14(13)29-16(15)22-19(28)23-18-21-10-25(24-18)9-11-4-2-5-12(20)8-11/h2,4-5,8,10H,3,6-7,9H2,1H3,(H2,22,23,24,28). The predicted octanol–water partition coefficient (Wildman–Crippen LogP) is 3.61. The third-order valence-electron chi connectivity index (χ3n) is 4.53. The summed E-state index contributed by atoms with van der Waals surface area (Å²) in [6.07, 6.45) is 4.40. The zero-order chi connectivity index (χ0) is 20.4. The van der Waals surface area contributed by atoms with E-state index in [1.165, 1.54) is 41.8 Å². The van der Waals surface area contributed by atoms with Crippen molar-refractivity contribution in [3.63, 3.8) is 0 Å². The number of halogens is 1. The Kier molecular flexibility index (Phi) is 5.54. The molecule has 0 unspecified atom stereocenters. The molecule has 0 spiro atoms. The normalized spacial score (nSPS) is 12.5. The van der Waals surface area contributed by atoms with E-state index in [2.05, 4.69) is 20.7 Å². The zero-order valence-corrected chi connectivity index (χ0v) is 17.2. The van der Waals surface area contributed by atoms with Crippen molar-refractivity contribution in [2.75, 3.05) is 17.7 Å². The number of carbonyl (C=O) groups excluding carboxylic acids is 1. The summed E-state index contributed by atoms with van der Waals surface area (Å²) in [4.78, 5) is 17.6. The average Bonchev–Trinajstić information content (AvgIpc) is 3.38. The summed E-state index contributed by atoms with van der Waals surface area (Å²) in [5.41, 5.74) is 2.38. The van der Waals surface area contributed by atoms with Crippen molar-refractivity contribution >= 4 is 45.6 Å². The third-order valence-corrected chi connectivity index (χ3v) is 5.94. The van der Waals surface area contributed by atoms with Crippen molar-refractivity contribution in [1.29, 1.82) is 0 Å². The van der Waals surface area contributed by atoms with Gasteiger partial charge in [0.1, 0.15) is 17.1 Å². The van der Waals surface area contributed by atoms with Crippen LogP contribution in [0.2, 0.25) is 0 Å². The molecule has 0 aliphatic heterocycles. The number of thiophene rings is 1. The third kappa shape index (κ3) is 4.28. The summed E-state index contributed by atoms with van der Waals surface area (Å²) in [5, 5.41) is 11.2. The van der Waals surface area contributed by atoms with Gasteiger partial charge in [0, 0.05) is 4.88 Å². The van der Waals surface area contributed by atoms with E-state index in [9.17, 15) is 9.18 Å². The molecule has 0 fully saturated rings. The minimum atomic E-state index is -0.368. The molecule has 1 aliphatic rings. The number of esters is 1. The highest BCUT2D eigenvalue weighted by molar-refractivity contribution is 7.80. The Morgan fingerprint density at radius 2 is 2.24 bits per heavy atom. The van der Waals surface area contributed by atoms with Gasteiger partial charge >= 0.3 is 5.97 Å². The summed E-state index contributed by atoms with van der Waals surface area (Å²) >= 11 is 6.88. The number of hydrogen-bond acceptors (Lipinski definition) is 6. The molecule has 0 radical (unpaired) electrons. The summed E-state index contributed by atoms with van der Waals surface area (Å²) in [7, 11) is 1.37.